The maximum absolute atomic E-state index is 12.2. The van der Waals surface area contributed by atoms with E-state index < -0.39 is 0 Å². The molecule has 1 aliphatic rings. The summed E-state index contributed by atoms with van der Waals surface area (Å²) >= 11 is 0. The molecule has 1 aromatic carbocycles. The second kappa shape index (κ2) is 6.53. The Labute approximate surface area is 115 Å². The van der Waals surface area contributed by atoms with Gasteiger partial charge in [0.05, 0.1) is 6.42 Å². The van der Waals surface area contributed by atoms with E-state index in [1.54, 1.807) is 0 Å². The van der Waals surface area contributed by atoms with E-state index >= 15 is 0 Å². The molecule has 2 rings (SSSR count). The molecule has 1 heterocycles. The SMILES string of the molecule is C=CCN1CCN(C(=O)Cc2cccc(C)c2)CC1. The van der Waals surface area contributed by atoms with Gasteiger partial charge in [0.15, 0.2) is 0 Å². The maximum atomic E-state index is 12.2. The molecule has 3 nitrogen and oxygen atoms in total. The lowest BCUT2D eigenvalue weighted by Crippen LogP contribution is -2.49. The lowest BCUT2D eigenvalue weighted by molar-refractivity contribution is -0.132. The first-order valence-electron chi connectivity index (χ1n) is 6.85. The predicted octanol–water partition coefficient (Wildman–Crippen LogP) is 1.87. The van der Waals surface area contributed by atoms with Gasteiger partial charge in [-0.05, 0) is 12.5 Å². The van der Waals surface area contributed by atoms with E-state index in [-0.39, 0.29) is 5.91 Å². The summed E-state index contributed by atoms with van der Waals surface area (Å²) < 4.78 is 0. The van der Waals surface area contributed by atoms with Crippen molar-refractivity contribution in [3.05, 3.63) is 48.0 Å². The third-order valence-electron chi connectivity index (χ3n) is 3.55. The molecule has 0 spiro atoms. The molecule has 0 N–H and O–H groups in total. The molecular weight excluding hydrogens is 236 g/mol. The fraction of sp³-hybridized carbons (Fsp3) is 0.438. The highest BCUT2D eigenvalue weighted by atomic mass is 16.2. The number of hydrogen-bond acceptors (Lipinski definition) is 2. The largest absolute Gasteiger partial charge is 0.340 e. The molecule has 1 amide bonds. The van der Waals surface area contributed by atoms with Gasteiger partial charge in [0, 0.05) is 32.7 Å². The van der Waals surface area contributed by atoms with Crippen molar-refractivity contribution in [3.8, 4) is 0 Å². The van der Waals surface area contributed by atoms with Crippen LogP contribution in [0.4, 0.5) is 0 Å². The summed E-state index contributed by atoms with van der Waals surface area (Å²) in [5.74, 6) is 0.240. The Hall–Kier alpha value is -1.61. The van der Waals surface area contributed by atoms with Gasteiger partial charge in [0.1, 0.15) is 0 Å². The van der Waals surface area contributed by atoms with Crippen LogP contribution in [-0.2, 0) is 11.2 Å². The number of aryl methyl sites for hydroxylation is 1. The summed E-state index contributed by atoms with van der Waals surface area (Å²) in [5, 5.41) is 0. The van der Waals surface area contributed by atoms with Crippen LogP contribution in [0.2, 0.25) is 0 Å². The lowest BCUT2D eigenvalue weighted by atomic mass is 10.1. The van der Waals surface area contributed by atoms with Crippen molar-refractivity contribution in [2.45, 2.75) is 13.3 Å². The number of carbonyl (C=O) groups is 1. The molecule has 1 aliphatic heterocycles. The van der Waals surface area contributed by atoms with Crippen molar-refractivity contribution in [3.63, 3.8) is 0 Å². The monoisotopic (exact) mass is 258 g/mol. The van der Waals surface area contributed by atoms with Crippen molar-refractivity contribution in [2.75, 3.05) is 32.7 Å². The zero-order chi connectivity index (χ0) is 13.7. The number of carbonyl (C=O) groups excluding carboxylic acids is 1. The molecular formula is C16H22N2O. The van der Waals surface area contributed by atoms with Gasteiger partial charge in [-0.3, -0.25) is 9.69 Å². The molecule has 0 bridgehead atoms. The average Bonchev–Trinajstić information content (AvgIpc) is 2.40. The smallest absolute Gasteiger partial charge is 0.227 e. The summed E-state index contributed by atoms with van der Waals surface area (Å²) in [4.78, 5) is 16.5. The van der Waals surface area contributed by atoms with E-state index in [0.717, 1.165) is 38.3 Å². The summed E-state index contributed by atoms with van der Waals surface area (Å²) in [7, 11) is 0. The van der Waals surface area contributed by atoms with Gasteiger partial charge in [-0.2, -0.15) is 0 Å². The minimum Gasteiger partial charge on any atom is -0.340 e. The summed E-state index contributed by atoms with van der Waals surface area (Å²) in [6.07, 6.45) is 2.44. The van der Waals surface area contributed by atoms with Crippen LogP contribution in [0, 0.1) is 6.92 Å². The summed E-state index contributed by atoms with van der Waals surface area (Å²) in [5.41, 5.74) is 2.32. The normalized spacial score (nSPS) is 16.4. The first-order valence-corrected chi connectivity index (χ1v) is 6.85. The number of rotatable bonds is 4. The van der Waals surface area contributed by atoms with Gasteiger partial charge >= 0.3 is 0 Å². The van der Waals surface area contributed by atoms with Crippen LogP contribution in [0.15, 0.2) is 36.9 Å². The molecule has 0 radical (unpaired) electrons. The molecule has 0 saturated carbocycles. The van der Waals surface area contributed by atoms with Crippen LogP contribution < -0.4 is 0 Å². The second-order valence-corrected chi connectivity index (χ2v) is 5.14. The molecule has 0 aromatic heterocycles. The summed E-state index contributed by atoms with van der Waals surface area (Å²) in [6.45, 7) is 10.3. The molecule has 19 heavy (non-hydrogen) atoms. The summed E-state index contributed by atoms with van der Waals surface area (Å²) in [6, 6.07) is 8.19. The van der Waals surface area contributed by atoms with Crippen molar-refractivity contribution < 1.29 is 4.79 Å². The Kier molecular flexibility index (Phi) is 4.74. The first kappa shape index (κ1) is 13.8. The Morgan fingerprint density at radius 1 is 1.32 bits per heavy atom. The zero-order valence-electron chi connectivity index (χ0n) is 11.6. The van der Waals surface area contributed by atoms with Crippen LogP contribution in [0.3, 0.4) is 0 Å². The number of piperazine rings is 1. The fourth-order valence-electron chi connectivity index (χ4n) is 2.47. The molecule has 1 fully saturated rings. The average molecular weight is 258 g/mol. The van der Waals surface area contributed by atoms with Gasteiger partial charge in [-0.15, -0.1) is 6.58 Å². The van der Waals surface area contributed by atoms with Gasteiger partial charge in [0.25, 0.3) is 0 Å². The molecule has 1 aromatic rings. The van der Waals surface area contributed by atoms with Gasteiger partial charge in [-0.25, -0.2) is 0 Å². The van der Waals surface area contributed by atoms with E-state index in [9.17, 15) is 4.79 Å². The van der Waals surface area contributed by atoms with E-state index in [2.05, 4.69) is 30.5 Å². The molecule has 0 aliphatic carbocycles. The van der Waals surface area contributed by atoms with Crippen LogP contribution >= 0.6 is 0 Å². The highest BCUT2D eigenvalue weighted by Gasteiger charge is 2.20. The van der Waals surface area contributed by atoms with Crippen molar-refractivity contribution in [2.24, 2.45) is 0 Å². The molecule has 1 saturated heterocycles. The fourth-order valence-corrected chi connectivity index (χ4v) is 2.47. The Morgan fingerprint density at radius 2 is 2.05 bits per heavy atom. The third-order valence-corrected chi connectivity index (χ3v) is 3.55. The Morgan fingerprint density at radius 3 is 2.68 bits per heavy atom. The topological polar surface area (TPSA) is 23.6 Å². The molecule has 0 atom stereocenters. The van der Waals surface area contributed by atoms with E-state index in [0.29, 0.717) is 6.42 Å². The van der Waals surface area contributed by atoms with Crippen LogP contribution in [0.25, 0.3) is 0 Å². The van der Waals surface area contributed by atoms with Crippen LogP contribution in [0.5, 0.6) is 0 Å². The quantitative estimate of drug-likeness (QED) is 0.770. The standard InChI is InChI=1S/C16H22N2O/c1-3-7-17-8-10-18(11-9-17)16(19)13-15-6-4-5-14(2)12-15/h3-6,12H,1,7-11,13H2,2H3. The number of hydrogen-bond donors (Lipinski definition) is 0. The van der Waals surface area contributed by atoms with Crippen LogP contribution in [0.1, 0.15) is 11.1 Å². The van der Waals surface area contributed by atoms with Gasteiger partial charge in [-0.1, -0.05) is 35.9 Å². The minimum atomic E-state index is 0.240. The Balaban J connectivity index is 1.86. The third kappa shape index (κ3) is 3.93. The molecule has 102 valence electrons. The lowest BCUT2D eigenvalue weighted by Gasteiger charge is -2.34. The Bertz CT molecular complexity index is 448. The van der Waals surface area contributed by atoms with Crippen molar-refractivity contribution >= 4 is 5.91 Å². The van der Waals surface area contributed by atoms with Crippen molar-refractivity contribution in [1.29, 1.82) is 0 Å². The number of nitrogens with zero attached hydrogens (tertiary/aromatic N) is 2. The molecule has 3 heteroatoms. The zero-order valence-corrected chi connectivity index (χ0v) is 11.6. The highest BCUT2D eigenvalue weighted by molar-refractivity contribution is 5.78. The number of amides is 1. The number of benzene rings is 1. The minimum absolute atomic E-state index is 0.240. The maximum Gasteiger partial charge on any atom is 0.227 e. The predicted molar refractivity (Wildman–Crippen MR) is 78.1 cm³/mol. The van der Waals surface area contributed by atoms with Gasteiger partial charge in [0.2, 0.25) is 5.91 Å². The highest BCUT2D eigenvalue weighted by Crippen LogP contribution is 2.08. The molecule has 0 unspecified atom stereocenters. The van der Waals surface area contributed by atoms with E-state index in [1.807, 2.05) is 23.1 Å². The van der Waals surface area contributed by atoms with Crippen LogP contribution in [-0.4, -0.2) is 48.4 Å². The first-order chi connectivity index (χ1) is 9.19. The van der Waals surface area contributed by atoms with E-state index in [4.69, 9.17) is 0 Å². The van der Waals surface area contributed by atoms with E-state index in [1.165, 1.54) is 5.56 Å². The van der Waals surface area contributed by atoms with Gasteiger partial charge < -0.3 is 4.90 Å². The second-order valence-electron chi connectivity index (χ2n) is 5.14. The van der Waals surface area contributed by atoms with Crippen molar-refractivity contribution in [1.82, 2.24) is 9.80 Å².